The first-order chi connectivity index (χ1) is 13.4. The number of alkyl halides is 6. The molecule has 11 heteroatoms. The van der Waals surface area contributed by atoms with Crippen LogP contribution in [0, 0.1) is 6.57 Å². The molecule has 1 aromatic rings. The van der Waals surface area contributed by atoms with Crippen molar-refractivity contribution in [3.63, 3.8) is 0 Å². The Kier molecular flexibility index (Phi) is 5.23. The Balaban J connectivity index is 2.03. The molecule has 0 aliphatic carbocycles. The lowest BCUT2D eigenvalue weighted by atomic mass is 9.94. The third-order valence-electron chi connectivity index (χ3n) is 4.83. The number of aliphatic imine (C=N–C) groups is 1. The molecule has 1 fully saturated rings. The molecule has 0 aromatic heterocycles. The molecule has 1 aromatic carbocycles. The Labute approximate surface area is 162 Å². The van der Waals surface area contributed by atoms with Crippen LogP contribution in [-0.4, -0.2) is 41.3 Å². The summed E-state index contributed by atoms with van der Waals surface area (Å²) < 4.78 is 78.9. The maximum atomic E-state index is 13.3. The average molecular weight is 417 g/mol. The van der Waals surface area contributed by atoms with Gasteiger partial charge in [-0.3, -0.25) is 5.43 Å². The van der Waals surface area contributed by atoms with Gasteiger partial charge in [0.2, 0.25) is 0 Å². The molecule has 0 amide bonds. The SMILES string of the molecule is [C-]#[N+]c1ccc(/N=C(\N2CCCC2)C2(C)CC(C(F)(F)F)=NN2)cc1C(F)(F)F. The minimum atomic E-state index is -4.75. The lowest BCUT2D eigenvalue weighted by molar-refractivity contribution is -0.136. The highest BCUT2D eigenvalue weighted by Gasteiger charge is 2.48. The highest BCUT2D eigenvalue weighted by Crippen LogP contribution is 2.39. The van der Waals surface area contributed by atoms with Crippen LogP contribution in [0.2, 0.25) is 0 Å². The highest BCUT2D eigenvalue weighted by molar-refractivity contribution is 6.02. The fourth-order valence-electron chi connectivity index (χ4n) is 3.41. The van der Waals surface area contributed by atoms with E-state index in [1.807, 2.05) is 0 Å². The largest absolute Gasteiger partial charge is 0.431 e. The van der Waals surface area contributed by atoms with Crippen LogP contribution in [0.25, 0.3) is 4.85 Å². The van der Waals surface area contributed by atoms with Crippen molar-refractivity contribution >= 4 is 22.9 Å². The number of likely N-dealkylation sites (tertiary alicyclic amines) is 1. The van der Waals surface area contributed by atoms with Crippen LogP contribution in [0.15, 0.2) is 28.3 Å². The van der Waals surface area contributed by atoms with Crippen LogP contribution in [-0.2, 0) is 6.18 Å². The van der Waals surface area contributed by atoms with E-state index in [0.29, 0.717) is 13.1 Å². The molecule has 5 nitrogen and oxygen atoms in total. The zero-order chi connectivity index (χ0) is 21.4. The topological polar surface area (TPSA) is 44.4 Å². The summed E-state index contributed by atoms with van der Waals surface area (Å²) in [6, 6.07) is 3.01. The third kappa shape index (κ3) is 4.31. The van der Waals surface area contributed by atoms with Crippen molar-refractivity contribution in [2.75, 3.05) is 13.1 Å². The number of rotatable bonds is 2. The lowest BCUT2D eigenvalue weighted by Crippen LogP contribution is -2.52. The molecular weight excluding hydrogens is 400 g/mol. The minimum Gasteiger partial charge on any atom is -0.358 e. The Hall–Kier alpha value is -2.77. The second-order valence-corrected chi connectivity index (χ2v) is 7.12. The summed E-state index contributed by atoms with van der Waals surface area (Å²) in [7, 11) is 0. The van der Waals surface area contributed by atoms with Gasteiger partial charge in [-0.05, 0) is 31.9 Å². The molecule has 2 aliphatic rings. The Morgan fingerprint density at radius 2 is 1.83 bits per heavy atom. The van der Waals surface area contributed by atoms with Crippen LogP contribution in [0.4, 0.5) is 37.7 Å². The van der Waals surface area contributed by atoms with Crippen molar-refractivity contribution in [2.24, 2.45) is 10.1 Å². The molecule has 2 aliphatic heterocycles. The van der Waals surface area contributed by atoms with Gasteiger partial charge in [0.1, 0.15) is 17.1 Å². The predicted molar refractivity (Wildman–Crippen MR) is 95.3 cm³/mol. The summed E-state index contributed by atoms with van der Waals surface area (Å²) in [4.78, 5) is 8.94. The van der Waals surface area contributed by atoms with E-state index in [4.69, 9.17) is 6.57 Å². The summed E-state index contributed by atoms with van der Waals surface area (Å²) >= 11 is 0. The Morgan fingerprint density at radius 1 is 1.17 bits per heavy atom. The predicted octanol–water partition coefficient (Wildman–Crippen LogP) is 5.05. The quantitative estimate of drug-likeness (QED) is 0.317. The molecule has 3 rings (SSSR count). The number of hydrogen-bond donors (Lipinski definition) is 1. The van der Waals surface area contributed by atoms with Crippen molar-refractivity contribution in [3.8, 4) is 0 Å². The van der Waals surface area contributed by atoms with E-state index in [9.17, 15) is 26.3 Å². The van der Waals surface area contributed by atoms with E-state index >= 15 is 0 Å². The molecule has 1 atom stereocenters. The molecule has 0 bridgehead atoms. The zero-order valence-electron chi connectivity index (χ0n) is 15.3. The fourth-order valence-corrected chi connectivity index (χ4v) is 3.41. The van der Waals surface area contributed by atoms with Gasteiger partial charge in [0.15, 0.2) is 5.69 Å². The van der Waals surface area contributed by atoms with Gasteiger partial charge >= 0.3 is 12.4 Å². The van der Waals surface area contributed by atoms with Gasteiger partial charge in [0, 0.05) is 19.5 Å². The maximum Gasteiger partial charge on any atom is 0.431 e. The van der Waals surface area contributed by atoms with Gasteiger partial charge in [0.05, 0.1) is 17.8 Å². The lowest BCUT2D eigenvalue weighted by Gasteiger charge is -2.33. The Morgan fingerprint density at radius 3 is 2.34 bits per heavy atom. The standard InChI is InChI=1S/C18H17F6N5/c1-16(10-14(27-28-16)18(22,23)24)15(29-7-3-4-8-29)26-11-5-6-13(25-2)12(9-11)17(19,20)21/h5-6,9,28H,3-4,7-8,10H2,1H3/b26-15-. The Bertz CT molecular complexity index is 889. The van der Waals surface area contributed by atoms with Crippen LogP contribution in [0.5, 0.6) is 0 Å². The number of amidine groups is 1. The fraction of sp³-hybridized carbons (Fsp3) is 0.500. The number of halogens is 6. The maximum absolute atomic E-state index is 13.3. The molecule has 0 radical (unpaired) electrons. The van der Waals surface area contributed by atoms with Gasteiger partial charge in [-0.15, -0.1) is 0 Å². The molecule has 0 saturated carbocycles. The van der Waals surface area contributed by atoms with E-state index in [1.165, 1.54) is 13.0 Å². The van der Waals surface area contributed by atoms with E-state index in [0.717, 1.165) is 25.0 Å². The van der Waals surface area contributed by atoms with E-state index in [2.05, 4.69) is 20.4 Å². The molecule has 1 saturated heterocycles. The molecule has 2 heterocycles. The summed E-state index contributed by atoms with van der Waals surface area (Å²) in [6.45, 7) is 9.46. The molecule has 156 valence electrons. The zero-order valence-corrected chi connectivity index (χ0v) is 15.3. The third-order valence-corrected chi connectivity index (χ3v) is 4.83. The van der Waals surface area contributed by atoms with E-state index in [1.54, 1.807) is 4.90 Å². The number of hydrazone groups is 1. The molecular formula is C18H17F6N5. The van der Waals surface area contributed by atoms with Gasteiger partial charge in [-0.25, -0.2) is 9.84 Å². The van der Waals surface area contributed by atoms with Crippen molar-refractivity contribution < 1.29 is 26.3 Å². The monoisotopic (exact) mass is 417 g/mol. The number of benzene rings is 1. The second-order valence-electron chi connectivity index (χ2n) is 7.12. The first-order valence-corrected chi connectivity index (χ1v) is 8.78. The molecule has 1 unspecified atom stereocenters. The van der Waals surface area contributed by atoms with Crippen LogP contribution < -0.4 is 5.43 Å². The highest BCUT2D eigenvalue weighted by atomic mass is 19.4. The first kappa shape index (κ1) is 21.0. The minimum absolute atomic E-state index is 0.0879. The average Bonchev–Trinajstić information content (AvgIpc) is 3.28. The van der Waals surface area contributed by atoms with Crippen LogP contribution in [0.3, 0.4) is 0 Å². The smallest absolute Gasteiger partial charge is 0.358 e. The summed E-state index contributed by atoms with van der Waals surface area (Å²) in [5.41, 5.74) is -1.61. The summed E-state index contributed by atoms with van der Waals surface area (Å²) in [5, 5.41) is 3.39. The van der Waals surface area contributed by atoms with Crippen molar-refractivity contribution in [1.29, 1.82) is 0 Å². The normalized spacial score (nSPS) is 23.0. The van der Waals surface area contributed by atoms with Crippen molar-refractivity contribution in [2.45, 2.75) is 44.1 Å². The van der Waals surface area contributed by atoms with E-state index < -0.39 is 41.3 Å². The van der Waals surface area contributed by atoms with E-state index in [-0.39, 0.29) is 11.5 Å². The first-order valence-electron chi connectivity index (χ1n) is 8.78. The summed E-state index contributed by atoms with van der Waals surface area (Å²) in [5.74, 6) is 0.196. The number of nitrogens with zero attached hydrogens (tertiary/aromatic N) is 4. The number of nitrogens with one attached hydrogen (secondary N) is 1. The van der Waals surface area contributed by atoms with Gasteiger partial charge in [-0.2, -0.15) is 31.4 Å². The second kappa shape index (κ2) is 7.24. The molecule has 29 heavy (non-hydrogen) atoms. The number of hydrogen-bond acceptors (Lipinski definition) is 3. The molecule has 0 spiro atoms. The van der Waals surface area contributed by atoms with Crippen molar-refractivity contribution in [3.05, 3.63) is 35.2 Å². The summed E-state index contributed by atoms with van der Waals surface area (Å²) in [6.07, 6.45) is -8.25. The van der Waals surface area contributed by atoms with Gasteiger partial charge in [-0.1, -0.05) is 6.07 Å². The van der Waals surface area contributed by atoms with Gasteiger partial charge < -0.3 is 4.90 Å². The van der Waals surface area contributed by atoms with Crippen LogP contribution >= 0.6 is 0 Å². The molecule has 1 N–H and O–H groups in total. The van der Waals surface area contributed by atoms with Crippen LogP contribution in [0.1, 0.15) is 31.7 Å². The van der Waals surface area contributed by atoms with Gasteiger partial charge in [0.25, 0.3) is 0 Å². The van der Waals surface area contributed by atoms with Crippen molar-refractivity contribution in [1.82, 2.24) is 10.3 Å².